The van der Waals surface area contributed by atoms with Crippen LogP contribution in [0.2, 0.25) is 0 Å². The molecule has 0 saturated carbocycles. The van der Waals surface area contributed by atoms with Gasteiger partial charge in [-0.05, 0) is 0 Å². The number of urea groups is 2. The summed E-state index contributed by atoms with van der Waals surface area (Å²) in [5.41, 5.74) is 0. The van der Waals surface area contributed by atoms with Gasteiger partial charge in [0.25, 0.3) is 0 Å². The maximum Gasteiger partial charge on any atom is 0.320 e. The Morgan fingerprint density at radius 3 is 2.33 bits per heavy atom. The van der Waals surface area contributed by atoms with E-state index in [1.807, 2.05) is 20.6 Å². The zero-order valence-corrected chi connectivity index (χ0v) is 13.9. The first-order chi connectivity index (χ1) is 11.7. The highest BCUT2D eigenvalue weighted by Gasteiger charge is 2.27. The molecule has 2 saturated heterocycles. The van der Waals surface area contributed by atoms with Crippen molar-refractivity contribution in [3.63, 3.8) is 0 Å². The molecule has 0 aliphatic carbocycles. The molecule has 2 fully saturated rings. The highest BCUT2D eigenvalue weighted by molar-refractivity contribution is 5.76. The standard InChI is InChI=1S/C15H25N7O2/c23-14(18-4-6-19-5-1-17-13-19)20-9-11-22(12-10-20)15(24)21-7-2-16-3-8-21/h1,5,13,16H,2-4,6-12H2,(H,18,23). The number of nitrogens with one attached hydrogen (secondary N) is 2. The second-order valence-electron chi connectivity index (χ2n) is 6.03. The Labute approximate surface area is 141 Å². The molecule has 0 aromatic carbocycles. The molecule has 0 bridgehead atoms. The van der Waals surface area contributed by atoms with Crippen LogP contribution in [0, 0.1) is 0 Å². The second kappa shape index (κ2) is 8.00. The van der Waals surface area contributed by atoms with Crippen LogP contribution in [-0.4, -0.2) is 95.2 Å². The molecule has 0 radical (unpaired) electrons. The third kappa shape index (κ3) is 4.16. The van der Waals surface area contributed by atoms with E-state index in [0.717, 1.165) is 26.2 Å². The van der Waals surface area contributed by atoms with Crippen molar-refractivity contribution in [2.45, 2.75) is 6.54 Å². The van der Waals surface area contributed by atoms with E-state index in [9.17, 15) is 9.59 Å². The van der Waals surface area contributed by atoms with E-state index in [4.69, 9.17) is 0 Å². The fraction of sp³-hybridized carbons (Fsp3) is 0.667. The minimum absolute atomic E-state index is 0.0654. The smallest absolute Gasteiger partial charge is 0.320 e. The monoisotopic (exact) mass is 335 g/mol. The Balaban J connectivity index is 1.37. The number of amides is 4. The molecule has 2 N–H and O–H groups in total. The molecule has 0 atom stereocenters. The molecule has 0 unspecified atom stereocenters. The summed E-state index contributed by atoms with van der Waals surface area (Å²) in [7, 11) is 0. The first kappa shape index (κ1) is 16.6. The molecule has 1 aromatic heterocycles. The molecule has 9 nitrogen and oxygen atoms in total. The van der Waals surface area contributed by atoms with Crippen molar-refractivity contribution in [3.8, 4) is 0 Å². The lowest BCUT2D eigenvalue weighted by Crippen LogP contribution is -2.58. The predicted molar refractivity (Wildman–Crippen MR) is 88.6 cm³/mol. The van der Waals surface area contributed by atoms with Gasteiger partial charge < -0.3 is 29.9 Å². The lowest BCUT2D eigenvalue weighted by atomic mass is 10.3. The summed E-state index contributed by atoms with van der Waals surface area (Å²) >= 11 is 0. The number of aromatic nitrogens is 2. The van der Waals surface area contributed by atoms with Crippen LogP contribution in [0.25, 0.3) is 0 Å². The number of piperazine rings is 2. The molecule has 132 valence electrons. The normalized spacial score (nSPS) is 18.6. The predicted octanol–water partition coefficient (Wildman–Crippen LogP) is -0.764. The van der Waals surface area contributed by atoms with Crippen molar-refractivity contribution < 1.29 is 9.59 Å². The molecule has 2 aliphatic rings. The van der Waals surface area contributed by atoms with Crippen LogP contribution in [0.1, 0.15) is 0 Å². The van der Waals surface area contributed by atoms with Crippen molar-refractivity contribution in [2.24, 2.45) is 0 Å². The van der Waals surface area contributed by atoms with E-state index in [2.05, 4.69) is 15.6 Å². The van der Waals surface area contributed by atoms with Gasteiger partial charge in [-0.2, -0.15) is 0 Å². The molecule has 4 amide bonds. The number of nitrogens with zero attached hydrogens (tertiary/aromatic N) is 5. The van der Waals surface area contributed by atoms with E-state index in [-0.39, 0.29) is 12.1 Å². The molecule has 2 aliphatic heterocycles. The number of rotatable bonds is 3. The molecule has 24 heavy (non-hydrogen) atoms. The van der Waals surface area contributed by atoms with E-state index in [1.54, 1.807) is 17.4 Å². The SMILES string of the molecule is O=C(NCCn1ccnc1)N1CCN(C(=O)N2CCNCC2)CC1. The molecule has 3 heterocycles. The summed E-state index contributed by atoms with van der Waals surface area (Å²) in [5.74, 6) is 0. The van der Waals surface area contributed by atoms with Gasteiger partial charge in [0, 0.05) is 77.8 Å². The van der Waals surface area contributed by atoms with E-state index >= 15 is 0 Å². The second-order valence-corrected chi connectivity index (χ2v) is 6.03. The molecular formula is C15H25N7O2. The Kier molecular flexibility index (Phi) is 5.52. The number of carbonyl (C=O) groups excluding carboxylic acids is 2. The van der Waals surface area contributed by atoms with Crippen molar-refractivity contribution in [2.75, 3.05) is 58.9 Å². The summed E-state index contributed by atoms with van der Waals surface area (Å²) in [6.07, 6.45) is 5.32. The van der Waals surface area contributed by atoms with Gasteiger partial charge in [0.1, 0.15) is 0 Å². The third-order valence-electron chi connectivity index (χ3n) is 4.43. The van der Waals surface area contributed by atoms with Gasteiger partial charge in [-0.15, -0.1) is 0 Å². The average Bonchev–Trinajstić information content (AvgIpc) is 3.15. The van der Waals surface area contributed by atoms with Crippen molar-refractivity contribution in [1.29, 1.82) is 0 Å². The van der Waals surface area contributed by atoms with Crippen molar-refractivity contribution >= 4 is 12.1 Å². The fourth-order valence-corrected chi connectivity index (χ4v) is 2.98. The number of hydrogen-bond donors (Lipinski definition) is 2. The largest absolute Gasteiger partial charge is 0.336 e. The van der Waals surface area contributed by atoms with Crippen LogP contribution in [0.15, 0.2) is 18.7 Å². The highest BCUT2D eigenvalue weighted by atomic mass is 16.2. The zero-order valence-electron chi connectivity index (χ0n) is 13.9. The van der Waals surface area contributed by atoms with Crippen LogP contribution in [0.3, 0.4) is 0 Å². The van der Waals surface area contributed by atoms with E-state index < -0.39 is 0 Å². The Morgan fingerprint density at radius 2 is 1.67 bits per heavy atom. The van der Waals surface area contributed by atoms with E-state index in [1.165, 1.54) is 0 Å². The number of carbonyl (C=O) groups is 2. The number of imidazole rings is 1. The molecule has 1 aromatic rings. The Morgan fingerprint density at radius 1 is 1.00 bits per heavy atom. The summed E-state index contributed by atoms with van der Waals surface area (Å²) in [4.78, 5) is 34.1. The quantitative estimate of drug-likeness (QED) is 0.760. The first-order valence-electron chi connectivity index (χ1n) is 8.47. The highest BCUT2D eigenvalue weighted by Crippen LogP contribution is 2.07. The van der Waals surface area contributed by atoms with Crippen LogP contribution in [0.4, 0.5) is 9.59 Å². The topological polar surface area (TPSA) is 85.7 Å². The van der Waals surface area contributed by atoms with Gasteiger partial charge in [0.2, 0.25) is 0 Å². The Hall–Kier alpha value is -2.29. The maximum absolute atomic E-state index is 12.4. The molecule has 9 heteroatoms. The molecule has 0 spiro atoms. The van der Waals surface area contributed by atoms with Gasteiger partial charge >= 0.3 is 12.1 Å². The van der Waals surface area contributed by atoms with Crippen LogP contribution in [-0.2, 0) is 6.54 Å². The van der Waals surface area contributed by atoms with Gasteiger partial charge in [-0.25, -0.2) is 14.6 Å². The molecular weight excluding hydrogens is 310 g/mol. The molecule has 3 rings (SSSR count). The first-order valence-corrected chi connectivity index (χ1v) is 8.47. The third-order valence-corrected chi connectivity index (χ3v) is 4.43. The van der Waals surface area contributed by atoms with Crippen molar-refractivity contribution in [3.05, 3.63) is 18.7 Å². The Bertz CT molecular complexity index is 534. The van der Waals surface area contributed by atoms with Crippen molar-refractivity contribution in [1.82, 2.24) is 34.9 Å². The number of hydrogen-bond acceptors (Lipinski definition) is 4. The fourth-order valence-electron chi connectivity index (χ4n) is 2.98. The minimum atomic E-state index is -0.0654. The lowest BCUT2D eigenvalue weighted by molar-refractivity contribution is 0.115. The van der Waals surface area contributed by atoms with Gasteiger partial charge in [-0.1, -0.05) is 0 Å². The van der Waals surface area contributed by atoms with Gasteiger partial charge in [-0.3, -0.25) is 0 Å². The summed E-state index contributed by atoms with van der Waals surface area (Å²) in [6.45, 7) is 6.83. The van der Waals surface area contributed by atoms with Crippen LogP contribution >= 0.6 is 0 Å². The zero-order chi connectivity index (χ0) is 16.8. The van der Waals surface area contributed by atoms with Crippen LogP contribution < -0.4 is 10.6 Å². The average molecular weight is 335 g/mol. The van der Waals surface area contributed by atoms with Gasteiger partial charge in [0.15, 0.2) is 0 Å². The minimum Gasteiger partial charge on any atom is -0.336 e. The summed E-state index contributed by atoms with van der Waals surface area (Å²) in [6, 6.07) is 0.0288. The van der Waals surface area contributed by atoms with E-state index in [0.29, 0.717) is 39.3 Å². The van der Waals surface area contributed by atoms with Gasteiger partial charge in [0.05, 0.1) is 6.33 Å². The maximum atomic E-state index is 12.4. The summed E-state index contributed by atoms with van der Waals surface area (Å²) in [5, 5.41) is 6.16. The lowest BCUT2D eigenvalue weighted by Gasteiger charge is -2.38. The summed E-state index contributed by atoms with van der Waals surface area (Å²) < 4.78 is 1.92. The van der Waals surface area contributed by atoms with Crippen LogP contribution in [0.5, 0.6) is 0 Å².